The molecule has 0 radical (unpaired) electrons. The zero-order valence-corrected chi connectivity index (χ0v) is 10.5. The Labute approximate surface area is 111 Å². The number of rotatable bonds is 4. The Morgan fingerprint density at radius 3 is 2.89 bits per heavy atom. The van der Waals surface area contributed by atoms with E-state index < -0.39 is 0 Å². The third kappa shape index (κ3) is 3.45. The van der Waals surface area contributed by atoms with Gasteiger partial charge in [-0.3, -0.25) is 9.59 Å². The van der Waals surface area contributed by atoms with E-state index in [-0.39, 0.29) is 30.9 Å². The summed E-state index contributed by atoms with van der Waals surface area (Å²) in [4.78, 5) is 22.7. The largest absolute Gasteiger partial charge is 0.493 e. The van der Waals surface area contributed by atoms with Gasteiger partial charge < -0.3 is 21.1 Å². The smallest absolute Gasteiger partial charge is 0.239 e. The number of ether oxygens (including phenoxy) is 1. The van der Waals surface area contributed by atoms with Gasteiger partial charge in [0.2, 0.25) is 11.8 Å². The van der Waals surface area contributed by atoms with E-state index >= 15 is 0 Å². The van der Waals surface area contributed by atoms with Crippen molar-refractivity contribution < 1.29 is 14.3 Å². The average Bonchev–Trinajstić information content (AvgIpc) is 2.45. The fraction of sp³-hybridized carbons (Fsp3) is 0.385. The molecule has 0 aromatic heterocycles. The molecule has 19 heavy (non-hydrogen) atoms. The first-order chi connectivity index (χ1) is 9.20. The molecule has 6 nitrogen and oxygen atoms in total. The molecule has 4 N–H and O–H groups in total. The molecule has 0 saturated heterocycles. The van der Waals surface area contributed by atoms with Crippen molar-refractivity contribution in [1.82, 2.24) is 10.6 Å². The first-order valence-corrected chi connectivity index (χ1v) is 6.18. The standard InChI is InChI=1S/C13H17N3O3/c14-7-12(17)15-8-13(18)16-10-5-6-19-11-4-2-1-3-9(10)11/h1-4,10H,5-8,14H2,(H,15,17)(H,16,18). The Hall–Kier alpha value is -2.08. The summed E-state index contributed by atoms with van der Waals surface area (Å²) in [5, 5.41) is 5.32. The summed E-state index contributed by atoms with van der Waals surface area (Å²) in [5.41, 5.74) is 6.11. The van der Waals surface area contributed by atoms with E-state index in [1.165, 1.54) is 0 Å². The number of amides is 2. The van der Waals surface area contributed by atoms with Crippen molar-refractivity contribution in [2.75, 3.05) is 19.7 Å². The summed E-state index contributed by atoms with van der Waals surface area (Å²) in [6.45, 7) is 0.389. The third-order valence-corrected chi connectivity index (χ3v) is 2.93. The number of nitrogens with two attached hydrogens (primary N) is 1. The number of para-hydroxylation sites is 1. The van der Waals surface area contributed by atoms with E-state index in [0.717, 1.165) is 11.3 Å². The van der Waals surface area contributed by atoms with Gasteiger partial charge in [-0.05, 0) is 6.07 Å². The molecular formula is C13H17N3O3. The van der Waals surface area contributed by atoms with Gasteiger partial charge in [-0.2, -0.15) is 0 Å². The van der Waals surface area contributed by atoms with Crippen LogP contribution in [0.1, 0.15) is 18.0 Å². The number of hydrogen-bond acceptors (Lipinski definition) is 4. The Morgan fingerprint density at radius 1 is 1.32 bits per heavy atom. The molecule has 0 spiro atoms. The highest BCUT2D eigenvalue weighted by molar-refractivity contribution is 5.85. The van der Waals surface area contributed by atoms with Crippen LogP contribution >= 0.6 is 0 Å². The highest BCUT2D eigenvalue weighted by Gasteiger charge is 2.22. The third-order valence-electron chi connectivity index (χ3n) is 2.93. The SMILES string of the molecule is NCC(=O)NCC(=O)NC1CCOc2ccccc21. The molecule has 1 aromatic rings. The molecule has 1 heterocycles. The quantitative estimate of drug-likeness (QED) is 0.695. The van der Waals surface area contributed by atoms with E-state index in [4.69, 9.17) is 10.5 Å². The predicted octanol–water partition coefficient (Wildman–Crippen LogP) is -0.299. The molecule has 0 bridgehead atoms. The van der Waals surface area contributed by atoms with Crippen LogP contribution in [0, 0.1) is 0 Å². The van der Waals surface area contributed by atoms with Crippen LogP contribution in [-0.2, 0) is 9.59 Å². The summed E-state index contributed by atoms with van der Waals surface area (Å²) in [6, 6.07) is 7.53. The molecule has 2 amide bonds. The summed E-state index contributed by atoms with van der Waals surface area (Å²) in [6.07, 6.45) is 0.716. The highest BCUT2D eigenvalue weighted by atomic mass is 16.5. The van der Waals surface area contributed by atoms with Crippen molar-refractivity contribution in [1.29, 1.82) is 0 Å². The van der Waals surface area contributed by atoms with Gasteiger partial charge in [0.1, 0.15) is 5.75 Å². The van der Waals surface area contributed by atoms with Crippen LogP contribution in [0.3, 0.4) is 0 Å². The number of carbonyl (C=O) groups excluding carboxylic acids is 2. The van der Waals surface area contributed by atoms with Gasteiger partial charge in [-0.1, -0.05) is 18.2 Å². The number of fused-ring (bicyclic) bond motifs is 1. The minimum Gasteiger partial charge on any atom is -0.493 e. The lowest BCUT2D eigenvalue weighted by molar-refractivity contribution is -0.125. The maximum atomic E-state index is 11.7. The minimum absolute atomic E-state index is 0.0600. The first kappa shape index (κ1) is 13.4. The van der Waals surface area contributed by atoms with Gasteiger partial charge in [0.15, 0.2) is 0 Å². The van der Waals surface area contributed by atoms with Crippen molar-refractivity contribution in [2.24, 2.45) is 5.73 Å². The second kappa shape index (κ2) is 6.19. The van der Waals surface area contributed by atoms with Crippen molar-refractivity contribution in [3.8, 4) is 5.75 Å². The molecule has 0 fully saturated rings. The number of nitrogens with one attached hydrogen (secondary N) is 2. The molecule has 6 heteroatoms. The molecule has 2 rings (SSSR count). The lowest BCUT2D eigenvalue weighted by Gasteiger charge is -2.26. The summed E-state index contributed by atoms with van der Waals surface area (Å²) < 4.78 is 5.51. The van der Waals surface area contributed by atoms with E-state index in [9.17, 15) is 9.59 Å². The number of benzene rings is 1. The maximum Gasteiger partial charge on any atom is 0.239 e. The molecular weight excluding hydrogens is 246 g/mol. The molecule has 1 aliphatic rings. The fourth-order valence-corrected chi connectivity index (χ4v) is 1.99. The topological polar surface area (TPSA) is 93.5 Å². The molecule has 1 atom stereocenters. The van der Waals surface area contributed by atoms with Crippen LogP contribution in [0.25, 0.3) is 0 Å². The minimum atomic E-state index is -0.345. The first-order valence-electron chi connectivity index (χ1n) is 6.18. The van der Waals surface area contributed by atoms with E-state index in [1.807, 2.05) is 24.3 Å². The van der Waals surface area contributed by atoms with Crippen LogP contribution in [-0.4, -0.2) is 31.5 Å². The summed E-state index contributed by atoms with van der Waals surface area (Å²) >= 11 is 0. The van der Waals surface area contributed by atoms with Gasteiger partial charge in [-0.25, -0.2) is 0 Å². The number of hydrogen-bond donors (Lipinski definition) is 3. The van der Waals surface area contributed by atoms with Gasteiger partial charge >= 0.3 is 0 Å². The van der Waals surface area contributed by atoms with Gasteiger partial charge in [0, 0.05) is 12.0 Å². The maximum absolute atomic E-state index is 11.7. The summed E-state index contributed by atoms with van der Waals surface area (Å²) in [7, 11) is 0. The monoisotopic (exact) mass is 263 g/mol. The molecule has 1 aromatic carbocycles. The van der Waals surface area contributed by atoms with Crippen molar-refractivity contribution in [2.45, 2.75) is 12.5 Å². The molecule has 0 aliphatic carbocycles. The Bertz CT molecular complexity index is 476. The zero-order chi connectivity index (χ0) is 13.7. The normalized spacial score (nSPS) is 17.0. The highest BCUT2D eigenvalue weighted by Crippen LogP contribution is 2.31. The van der Waals surface area contributed by atoms with Gasteiger partial charge in [-0.15, -0.1) is 0 Å². The second-order valence-corrected chi connectivity index (χ2v) is 4.28. The van der Waals surface area contributed by atoms with E-state index in [1.54, 1.807) is 0 Å². The predicted molar refractivity (Wildman–Crippen MR) is 69.5 cm³/mol. The lowest BCUT2D eigenvalue weighted by Crippen LogP contribution is -2.41. The van der Waals surface area contributed by atoms with Crippen LogP contribution in [0.5, 0.6) is 5.75 Å². The lowest BCUT2D eigenvalue weighted by atomic mass is 10.0. The van der Waals surface area contributed by atoms with Crippen LogP contribution < -0.4 is 21.1 Å². The van der Waals surface area contributed by atoms with E-state index in [2.05, 4.69) is 10.6 Å². The van der Waals surface area contributed by atoms with Crippen LogP contribution in [0.15, 0.2) is 24.3 Å². The molecule has 0 saturated carbocycles. The zero-order valence-electron chi connectivity index (χ0n) is 10.5. The fourth-order valence-electron chi connectivity index (χ4n) is 1.99. The molecule has 1 unspecified atom stereocenters. The molecule has 102 valence electrons. The Kier molecular flexibility index (Phi) is 4.35. The average molecular weight is 263 g/mol. The van der Waals surface area contributed by atoms with Crippen molar-refractivity contribution in [3.63, 3.8) is 0 Å². The van der Waals surface area contributed by atoms with E-state index in [0.29, 0.717) is 13.0 Å². The van der Waals surface area contributed by atoms with Gasteiger partial charge in [0.25, 0.3) is 0 Å². The van der Waals surface area contributed by atoms with Crippen LogP contribution in [0.4, 0.5) is 0 Å². The van der Waals surface area contributed by atoms with Gasteiger partial charge in [0.05, 0.1) is 25.7 Å². The molecule has 1 aliphatic heterocycles. The second-order valence-electron chi connectivity index (χ2n) is 4.28. The summed E-state index contributed by atoms with van der Waals surface area (Å²) in [5.74, 6) is 0.219. The van der Waals surface area contributed by atoms with Crippen LogP contribution in [0.2, 0.25) is 0 Å². The Morgan fingerprint density at radius 2 is 2.11 bits per heavy atom. The Balaban J connectivity index is 1.93. The number of carbonyl (C=O) groups is 2. The van der Waals surface area contributed by atoms with Crippen molar-refractivity contribution in [3.05, 3.63) is 29.8 Å². The van der Waals surface area contributed by atoms with Crippen molar-refractivity contribution >= 4 is 11.8 Å².